The van der Waals surface area contributed by atoms with Crippen LogP contribution in [0.15, 0.2) is 28.0 Å². The summed E-state index contributed by atoms with van der Waals surface area (Å²) in [5.41, 5.74) is 2.02. The van der Waals surface area contributed by atoms with Crippen LogP contribution >= 0.6 is 0 Å². The molecule has 108 valence electrons. The van der Waals surface area contributed by atoms with Crippen LogP contribution in [0.2, 0.25) is 0 Å². The number of nitrogens with zero attached hydrogens (tertiary/aromatic N) is 4. The molecule has 1 spiro atoms. The number of carboxylic acid groups (broad SMARTS) is 1. The van der Waals surface area contributed by atoms with E-state index in [0.717, 1.165) is 44.1 Å². The highest BCUT2D eigenvalue weighted by atomic mass is 16.4. The molecular weight excluding hydrogens is 256 g/mol. The van der Waals surface area contributed by atoms with E-state index in [4.69, 9.17) is 5.10 Å². The van der Waals surface area contributed by atoms with E-state index in [1.54, 1.807) is 6.92 Å². The minimum Gasteiger partial charge on any atom is -0.545 e. The molecule has 0 atom stereocenters. The minimum atomic E-state index is -1.14. The zero-order chi connectivity index (χ0) is 14.5. The lowest BCUT2D eigenvalue weighted by Crippen LogP contribution is -2.56. The van der Waals surface area contributed by atoms with Crippen LogP contribution in [-0.4, -0.2) is 66.1 Å². The fraction of sp³-hybridized carbons (Fsp3) is 0.571. The summed E-state index contributed by atoms with van der Waals surface area (Å²) in [6, 6.07) is 0. The van der Waals surface area contributed by atoms with E-state index in [0.29, 0.717) is 10.4 Å². The van der Waals surface area contributed by atoms with E-state index in [1.165, 1.54) is 0 Å². The summed E-state index contributed by atoms with van der Waals surface area (Å²) in [5.74, 6) is -0.559. The second-order valence-electron chi connectivity index (χ2n) is 5.97. The molecule has 3 aliphatic rings. The predicted molar refractivity (Wildman–Crippen MR) is 73.1 cm³/mol. The van der Waals surface area contributed by atoms with Gasteiger partial charge in [0.25, 0.3) is 0 Å². The number of hydrogen-bond donors (Lipinski definition) is 0. The molecule has 0 aliphatic carbocycles. The molecule has 3 heterocycles. The number of carbonyl (C=O) groups excluding carboxylic acids is 1. The van der Waals surface area contributed by atoms with Crippen LogP contribution in [0.4, 0.5) is 0 Å². The van der Waals surface area contributed by atoms with Crippen molar-refractivity contribution >= 4 is 11.8 Å². The van der Waals surface area contributed by atoms with E-state index in [9.17, 15) is 9.90 Å². The van der Waals surface area contributed by atoms with Crippen LogP contribution < -0.4 is 5.11 Å². The number of carbonyl (C=O) groups is 1. The predicted octanol–water partition coefficient (Wildman–Crippen LogP) is -0.681. The lowest BCUT2D eigenvalue weighted by atomic mass is 10.0. The van der Waals surface area contributed by atoms with Crippen molar-refractivity contribution in [3.8, 4) is 0 Å². The highest BCUT2D eigenvalue weighted by Crippen LogP contribution is 2.31. The van der Waals surface area contributed by atoms with Gasteiger partial charge in [0.15, 0.2) is 6.67 Å². The first-order chi connectivity index (χ1) is 9.42. The maximum atomic E-state index is 11.4. The number of piperazine rings is 1. The van der Waals surface area contributed by atoms with Gasteiger partial charge in [0.05, 0.1) is 5.97 Å². The Morgan fingerprint density at radius 3 is 2.60 bits per heavy atom. The smallest absolute Gasteiger partial charge is 0.202 e. The van der Waals surface area contributed by atoms with Crippen molar-refractivity contribution in [2.75, 3.05) is 39.9 Å². The largest absolute Gasteiger partial charge is 0.545 e. The van der Waals surface area contributed by atoms with Crippen LogP contribution in [0.5, 0.6) is 0 Å². The Balaban J connectivity index is 2.00. The SMILES string of the molecule is CC1=CC(C)=C(C(=O)[O-])C2=N[N+]3(CCN(C)CC3)CN12. The first kappa shape index (κ1) is 13.3. The standard InChI is InChI=1S/C14H20N4O2/c1-10-8-11(2)17-9-18(6-4-16(3)5-7-18)15-13(17)12(10)14(19)20/h8H,4-7,9H2,1-3H3. The Bertz CT molecular complexity index is 554. The molecule has 6 nitrogen and oxygen atoms in total. The Morgan fingerprint density at radius 1 is 1.35 bits per heavy atom. The van der Waals surface area contributed by atoms with Gasteiger partial charge in [0, 0.05) is 24.4 Å². The van der Waals surface area contributed by atoms with Gasteiger partial charge in [-0.25, -0.2) is 0 Å². The zero-order valence-corrected chi connectivity index (χ0v) is 12.2. The molecule has 1 fully saturated rings. The average molecular weight is 276 g/mol. The second-order valence-corrected chi connectivity index (χ2v) is 5.97. The number of allylic oxidation sites excluding steroid dienone is 3. The summed E-state index contributed by atoms with van der Waals surface area (Å²) in [6.07, 6.45) is 1.90. The highest BCUT2D eigenvalue weighted by molar-refractivity contribution is 6.19. The summed E-state index contributed by atoms with van der Waals surface area (Å²) >= 11 is 0. The molecule has 0 aromatic heterocycles. The van der Waals surface area contributed by atoms with Gasteiger partial charge in [-0.3, -0.25) is 9.80 Å². The molecule has 3 rings (SSSR count). The van der Waals surface area contributed by atoms with Gasteiger partial charge in [-0.1, -0.05) is 5.10 Å². The number of fused-ring (bicyclic) bond motifs is 1. The van der Waals surface area contributed by atoms with Crippen molar-refractivity contribution in [1.29, 1.82) is 0 Å². The summed E-state index contributed by atoms with van der Waals surface area (Å²) in [5, 5.41) is 16.2. The van der Waals surface area contributed by atoms with Crippen LogP contribution in [-0.2, 0) is 4.79 Å². The number of carboxylic acids is 1. The molecule has 0 N–H and O–H groups in total. The van der Waals surface area contributed by atoms with Crippen molar-refractivity contribution in [2.24, 2.45) is 5.10 Å². The maximum Gasteiger partial charge on any atom is 0.202 e. The lowest BCUT2D eigenvalue weighted by Gasteiger charge is -2.36. The lowest BCUT2D eigenvalue weighted by molar-refractivity contribution is -0.938. The summed E-state index contributed by atoms with van der Waals surface area (Å²) in [7, 11) is 2.11. The number of quaternary nitrogens is 1. The Hall–Kier alpha value is -1.66. The summed E-state index contributed by atoms with van der Waals surface area (Å²) in [6.45, 7) is 8.35. The molecule has 0 bridgehead atoms. The molecule has 0 radical (unpaired) electrons. The van der Waals surface area contributed by atoms with Gasteiger partial charge in [0.2, 0.25) is 5.84 Å². The van der Waals surface area contributed by atoms with Crippen molar-refractivity contribution in [3.05, 3.63) is 22.9 Å². The number of rotatable bonds is 1. The first-order valence-corrected chi connectivity index (χ1v) is 6.95. The molecule has 0 unspecified atom stereocenters. The monoisotopic (exact) mass is 276 g/mol. The molecule has 0 aromatic rings. The Labute approximate surface area is 118 Å². The fourth-order valence-electron chi connectivity index (χ4n) is 3.15. The molecule has 6 heteroatoms. The van der Waals surface area contributed by atoms with E-state index in [2.05, 4.69) is 11.9 Å². The van der Waals surface area contributed by atoms with Gasteiger partial charge in [-0.15, -0.1) is 0 Å². The van der Waals surface area contributed by atoms with E-state index >= 15 is 0 Å². The second kappa shape index (κ2) is 4.43. The molecule has 0 amide bonds. The molecule has 3 aliphatic heterocycles. The van der Waals surface area contributed by atoms with E-state index < -0.39 is 5.97 Å². The van der Waals surface area contributed by atoms with Crippen LogP contribution in [0.1, 0.15) is 13.8 Å². The molecule has 0 aromatic carbocycles. The van der Waals surface area contributed by atoms with Gasteiger partial charge in [-0.2, -0.15) is 4.59 Å². The van der Waals surface area contributed by atoms with Crippen molar-refractivity contribution in [3.63, 3.8) is 0 Å². The number of hydrogen-bond acceptors (Lipinski definition) is 5. The fourth-order valence-corrected chi connectivity index (χ4v) is 3.15. The quantitative estimate of drug-likeness (QED) is 0.595. The van der Waals surface area contributed by atoms with Gasteiger partial charge >= 0.3 is 0 Å². The summed E-state index contributed by atoms with van der Waals surface area (Å²) < 4.78 is 0.606. The van der Waals surface area contributed by atoms with Crippen molar-refractivity contribution in [1.82, 2.24) is 9.80 Å². The van der Waals surface area contributed by atoms with Crippen molar-refractivity contribution in [2.45, 2.75) is 13.8 Å². The number of likely N-dealkylation sites (N-methyl/N-ethyl adjacent to an activating group) is 1. The van der Waals surface area contributed by atoms with Crippen LogP contribution in [0, 0.1) is 0 Å². The normalized spacial score (nSPS) is 25.6. The summed E-state index contributed by atoms with van der Waals surface area (Å²) in [4.78, 5) is 15.7. The topological polar surface area (TPSA) is 59.0 Å². The number of amidine groups is 1. The van der Waals surface area contributed by atoms with Gasteiger partial charge in [-0.05, 0) is 32.5 Å². The maximum absolute atomic E-state index is 11.4. The average Bonchev–Trinajstić information content (AvgIpc) is 2.73. The Kier molecular flexibility index (Phi) is 2.95. The van der Waals surface area contributed by atoms with Gasteiger partial charge < -0.3 is 9.90 Å². The van der Waals surface area contributed by atoms with E-state index in [-0.39, 0.29) is 5.57 Å². The van der Waals surface area contributed by atoms with Crippen LogP contribution in [0.25, 0.3) is 0 Å². The Morgan fingerprint density at radius 2 is 2.00 bits per heavy atom. The third-order valence-corrected chi connectivity index (χ3v) is 4.44. The van der Waals surface area contributed by atoms with Crippen molar-refractivity contribution < 1.29 is 14.5 Å². The zero-order valence-electron chi connectivity index (χ0n) is 12.2. The van der Waals surface area contributed by atoms with Gasteiger partial charge in [0.1, 0.15) is 13.1 Å². The number of aliphatic carboxylic acids is 1. The minimum absolute atomic E-state index is 0.240. The van der Waals surface area contributed by atoms with Crippen LogP contribution in [0.3, 0.4) is 0 Å². The third kappa shape index (κ3) is 1.96. The molecule has 1 saturated heterocycles. The molecular formula is C14H20N4O2. The highest BCUT2D eigenvalue weighted by Gasteiger charge is 2.44. The molecule has 20 heavy (non-hydrogen) atoms. The third-order valence-electron chi connectivity index (χ3n) is 4.44. The molecule has 0 saturated carbocycles. The first-order valence-electron chi connectivity index (χ1n) is 6.95. The van der Waals surface area contributed by atoms with E-state index in [1.807, 2.05) is 17.9 Å².